The van der Waals surface area contributed by atoms with E-state index in [1.165, 1.54) is 5.56 Å². The van der Waals surface area contributed by atoms with Crippen molar-refractivity contribution in [2.75, 3.05) is 14.2 Å². The monoisotopic (exact) mass is 229 g/mol. The summed E-state index contributed by atoms with van der Waals surface area (Å²) >= 11 is 0. The maximum absolute atomic E-state index is 5.24. The number of pyridine rings is 1. The molecule has 0 saturated carbocycles. The molecule has 1 aromatic heterocycles. The van der Waals surface area contributed by atoms with E-state index < -0.39 is 0 Å². The fourth-order valence-corrected chi connectivity index (χ4v) is 1.71. The molecule has 0 unspecified atom stereocenters. The molecule has 0 amide bonds. The fourth-order valence-electron chi connectivity index (χ4n) is 1.71. The summed E-state index contributed by atoms with van der Waals surface area (Å²) in [6, 6.07) is 10.2. The first-order chi connectivity index (χ1) is 8.24. The lowest BCUT2D eigenvalue weighted by atomic mass is 10.1. The second kappa shape index (κ2) is 4.87. The van der Waals surface area contributed by atoms with E-state index in [4.69, 9.17) is 9.47 Å². The molecule has 3 nitrogen and oxygen atoms in total. The molecule has 0 spiro atoms. The topological polar surface area (TPSA) is 31.4 Å². The van der Waals surface area contributed by atoms with Crippen LogP contribution >= 0.6 is 0 Å². The summed E-state index contributed by atoms with van der Waals surface area (Å²) in [6.07, 6.45) is 1.79. The number of rotatable bonds is 3. The first-order valence-corrected chi connectivity index (χ1v) is 5.39. The molecule has 0 aliphatic rings. The van der Waals surface area contributed by atoms with E-state index in [9.17, 15) is 0 Å². The lowest BCUT2D eigenvalue weighted by molar-refractivity contribution is 0.343. The number of methoxy groups -OCH3 is 2. The van der Waals surface area contributed by atoms with Crippen LogP contribution in [0.3, 0.4) is 0 Å². The number of benzene rings is 1. The number of hydrogen-bond donors (Lipinski definition) is 0. The predicted octanol–water partition coefficient (Wildman–Crippen LogP) is 3.07. The smallest absolute Gasteiger partial charge is 0.256 e. The van der Waals surface area contributed by atoms with E-state index in [0.29, 0.717) is 11.6 Å². The van der Waals surface area contributed by atoms with Gasteiger partial charge in [-0.1, -0.05) is 29.8 Å². The molecule has 0 N–H and O–H groups in total. The number of aromatic nitrogens is 1. The molecule has 1 heterocycles. The van der Waals surface area contributed by atoms with Crippen LogP contribution in [0.2, 0.25) is 0 Å². The van der Waals surface area contributed by atoms with Crippen LogP contribution in [0.4, 0.5) is 0 Å². The maximum Gasteiger partial charge on any atom is 0.256 e. The third kappa shape index (κ3) is 2.38. The van der Waals surface area contributed by atoms with Crippen molar-refractivity contribution in [3.63, 3.8) is 0 Å². The Balaban J connectivity index is 2.46. The molecule has 0 aliphatic heterocycles. The van der Waals surface area contributed by atoms with E-state index in [-0.39, 0.29) is 0 Å². The Kier molecular flexibility index (Phi) is 3.28. The molecule has 0 atom stereocenters. The molecule has 0 saturated heterocycles. The molecule has 88 valence electrons. The van der Waals surface area contributed by atoms with Gasteiger partial charge in [-0.15, -0.1) is 0 Å². The van der Waals surface area contributed by atoms with Crippen LogP contribution in [0.25, 0.3) is 11.1 Å². The number of nitrogens with zero attached hydrogens (tertiary/aromatic N) is 1. The Morgan fingerprint density at radius 1 is 1.00 bits per heavy atom. The van der Waals surface area contributed by atoms with Gasteiger partial charge in [-0.25, -0.2) is 4.98 Å². The highest BCUT2D eigenvalue weighted by molar-refractivity contribution is 5.65. The van der Waals surface area contributed by atoms with Crippen molar-refractivity contribution < 1.29 is 9.47 Å². The predicted molar refractivity (Wildman–Crippen MR) is 67.5 cm³/mol. The molecule has 2 aromatic rings. The Morgan fingerprint density at radius 3 is 2.47 bits per heavy atom. The summed E-state index contributed by atoms with van der Waals surface area (Å²) < 4.78 is 10.4. The third-order valence-electron chi connectivity index (χ3n) is 2.58. The maximum atomic E-state index is 5.24. The van der Waals surface area contributed by atoms with Gasteiger partial charge in [-0.3, -0.25) is 0 Å². The van der Waals surface area contributed by atoms with Gasteiger partial charge in [0.15, 0.2) is 5.75 Å². The minimum Gasteiger partial charge on any atom is -0.491 e. The van der Waals surface area contributed by atoms with E-state index in [1.807, 2.05) is 12.1 Å². The van der Waals surface area contributed by atoms with Gasteiger partial charge < -0.3 is 9.47 Å². The van der Waals surface area contributed by atoms with Gasteiger partial charge in [0, 0.05) is 11.8 Å². The van der Waals surface area contributed by atoms with Crippen molar-refractivity contribution >= 4 is 0 Å². The van der Waals surface area contributed by atoms with Crippen LogP contribution < -0.4 is 9.47 Å². The van der Waals surface area contributed by atoms with Crippen LogP contribution in [-0.2, 0) is 0 Å². The zero-order valence-electron chi connectivity index (χ0n) is 10.2. The van der Waals surface area contributed by atoms with Gasteiger partial charge in [0.05, 0.1) is 14.2 Å². The first kappa shape index (κ1) is 11.5. The second-order valence-electron chi connectivity index (χ2n) is 3.81. The SMILES string of the molecule is COc1cc(-c2cccc(C)c2)cnc1OC. The fraction of sp³-hybridized carbons (Fsp3) is 0.214. The van der Waals surface area contributed by atoms with E-state index in [0.717, 1.165) is 11.1 Å². The summed E-state index contributed by atoms with van der Waals surface area (Å²) in [4.78, 5) is 4.23. The Morgan fingerprint density at radius 2 is 1.82 bits per heavy atom. The minimum atomic E-state index is 0.504. The van der Waals surface area contributed by atoms with Gasteiger partial charge in [0.1, 0.15) is 0 Å². The first-order valence-electron chi connectivity index (χ1n) is 5.39. The second-order valence-corrected chi connectivity index (χ2v) is 3.81. The van der Waals surface area contributed by atoms with E-state index in [2.05, 4.69) is 30.1 Å². The van der Waals surface area contributed by atoms with Crippen molar-refractivity contribution in [1.82, 2.24) is 4.98 Å². The summed E-state index contributed by atoms with van der Waals surface area (Å²) in [5, 5.41) is 0. The highest BCUT2D eigenvalue weighted by Crippen LogP contribution is 2.29. The average Bonchev–Trinajstić information content (AvgIpc) is 2.38. The van der Waals surface area contributed by atoms with Gasteiger partial charge in [-0.2, -0.15) is 0 Å². The molecule has 0 bridgehead atoms. The Bertz CT molecular complexity index is 523. The summed E-state index contributed by atoms with van der Waals surface area (Å²) in [6.45, 7) is 2.07. The van der Waals surface area contributed by atoms with Crippen molar-refractivity contribution in [2.24, 2.45) is 0 Å². The quantitative estimate of drug-likeness (QED) is 0.810. The van der Waals surface area contributed by atoms with Crippen LogP contribution in [0.15, 0.2) is 36.5 Å². The normalized spacial score (nSPS) is 10.1. The zero-order valence-corrected chi connectivity index (χ0v) is 10.2. The molecule has 17 heavy (non-hydrogen) atoms. The average molecular weight is 229 g/mol. The number of ether oxygens (including phenoxy) is 2. The van der Waals surface area contributed by atoms with Crippen molar-refractivity contribution in [3.05, 3.63) is 42.1 Å². The molecule has 3 heteroatoms. The van der Waals surface area contributed by atoms with Crippen molar-refractivity contribution in [2.45, 2.75) is 6.92 Å². The van der Waals surface area contributed by atoms with Crippen molar-refractivity contribution in [3.8, 4) is 22.8 Å². The van der Waals surface area contributed by atoms with Crippen LogP contribution in [-0.4, -0.2) is 19.2 Å². The van der Waals surface area contributed by atoms with E-state index in [1.54, 1.807) is 20.4 Å². The van der Waals surface area contributed by atoms with Gasteiger partial charge in [0.2, 0.25) is 0 Å². The third-order valence-corrected chi connectivity index (χ3v) is 2.58. The lowest BCUT2D eigenvalue weighted by Gasteiger charge is -2.08. The van der Waals surface area contributed by atoms with Gasteiger partial charge in [0.25, 0.3) is 5.88 Å². The largest absolute Gasteiger partial charge is 0.491 e. The lowest BCUT2D eigenvalue weighted by Crippen LogP contribution is -1.94. The van der Waals surface area contributed by atoms with Gasteiger partial charge >= 0.3 is 0 Å². The molecule has 0 fully saturated rings. The highest BCUT2D eigenvalue weighted by Gasteiger charge is 2.07. The molecular weight excluding hydrogens is 214 g/mol. The van der Waals surface area contributed by atoms with E-state index >= 15 is 0 Å². The minimum absolute atomic E-state index is 0.504. The number of hydrogen-bond acceptors (Lipinski definition) is 3. The van der Waals surface area contributed by atoms with Crippen molar-refractivity contribution in [1.29, 1.82) is 0 Å². The van der Waals surface area contributed by atoms with Crippen LogP contribution in [0.1, 0.15) is 5.56 Å². The molecule has 2 rings (SSSR count). The molecule has 0 radical (unpaired) electrons. The number of aryl methyl sites for hydroxylation is 1. The molecular formula is C14H15NO2. The summed E-state index contributed by atoms with van der Waals surface area (Å²) in [7, 11) is 3.19. The highest BCUT2D eigenvalue weighted by atomic mass is 16.5. The standard InChI is InChI=1S/C14H15NO2/c1-10-5-4-6-11(7-10)12-8-13(16-2)14(17-3)15-9-12/h4-9H,1-3H3. The molecule has 0 aliphatic carbocycles. The van der Waals surface area contributed by atoms with Crippen LogP contribution in [0, 0.1) is 6.92 Å². The van der Waals surface area contributed by atoms with Crippen LogP contribution in [0.5, 0.6) is 11.6 Å². The molecule has 1 aromatic carbocycles. The van der Waals surface area contributed by atoms with Gasteiger partial charge in [-0.05, 0) is 18.6 Å². The Hall–Kier alpha value is -2.03. The Labute approximate surface area is 101 Å². The zero-order chi connectivity index (χ0) is 12.3. The summed E-state index contributed by atoms with van der Waals surface area (Å²) in [5.74, 6) is 1.15. The summed E-state index contributed by atoms with van der Waals surface area (Å²) in [5.41, 5.74) is 3.36.